The zero-order valence-corrected chi connectivity index (χ0v) is 43.6. The number of unbranched alkanes of at least 4 members (excludes halogenated alkanes) is 14. The number of carbonyl (C=O) groups is 3. The molecule has 0 aliphatic rings. The van der Waals surface area contributed by atoms with Gasteiger partial charge < -0.3 is 14.2 Å². The number of hydrogen-bond acceptors (Lipinski definition) is 6. The first-order valence-corrected chi connectivity index (χ1v) is 27.2. The van der Waals surface area contributed by atoms with E-state index >= 15 is 0 Å². The van der Waals surface area contributed by atoms with Crippen LogP contribution in [-0.4, -0.2) is 37.2 Å². The van der Waals surface area contributed by atoms with Gasteiger partial charge in [-0.25, -0.2) is 0 Å². The van der Waals surface area contributed by atoms with Crippen LogP contribution in [0.3, 0.4) is 0 Å². The monoisotopic (exact) mass is 939 g/mol. The van der Waals surface area contributed by atoms with Crippen LogP contribution in [0.4, 0.5) is 0 Å². The molecule has 0 aromatic carbocycles. The lowest BCUT2D eigenvalue weighted by molar-refractivity contribution is -0.167. The van der Waals surface area contributed by atoms with Gasteiger partial charge in [-0.2, -0.15) is 0 Å². The number of hydrogen-bond donors (Lipinski definition) is 0. The molecular weight excluding hydrogens is 841 g/mol. The summed E-state index contributed by atoms with van der Waals surface area (Å²) < 4.78 is 16.7. The summed E-state index contributed by atoms with van der Waals surface area (Å²) in [5, 5.41) is 0. The van der Waals surface area contributed by atoms with E-state index in [4.69, 9.17) is 14.2 Å². The highest BCUT2D eigenvalue weighted by Gasteiger charge is 2.19. The maximum Gasteiger partial charge on any atom is 0.306 e. The number of esters is 3. The summed E-state index contributed by atoms with van der Waals surface area (Å²) in [4.78, 5) is 38.1. The van der Waals surface area contributed by atoms with Crippen LogP contribution in [0.2, 0.25) is 0 Å². The van der Waals surface area contributed by atoms with Gasteiger partial charge >= 0.3 is 17.9 Å². The predicted molar refractivity (Wildman–Crippen MR) is 292 cm³/mol. The third-order valence-electron chi connectivity index (χ3n) is 10.9. The number of allylic oxidation sites excluding steroid dienone is 22. The molecule has 0 N–H and O–H groups in total. The lowest BCUT2D eigenvalue weighted by Crippen LogP contribution is -2.30. The zero-order valence-electron chi connectivity index (χ0n) is 43.6. The van der Waals surface area contributed by atoms with E-state index in [1.54, 1.807) is 0 Å². The highest BCUT2D eigenvalue weighted by atomic mass is 16.6. The van der Waals surface area contributed by atoms with Crippen LogP contribution >= 0.6 is 0 Å². The summed E-state index contributed by atoms with van der Waals surface area (Å²) in [6.07, 6.45) is 77.2. The molecule has 0 unspecified atom stereocenters. The largest absolute Gasteiger partial charge is 0.462 e. The van der Waals surface area contributed by atoms with Gasteiger partial charge in [0.1, 0.15) is 13.2 Å². The standard InChI is InChI=1S/C62H98O6/c1-4-7-10-13-16-19-22-25-28-30-31-33-34-37-40-43-46-49-52-55-61(64)67-58-59(57-66-60(63)54-51-48-45-42-39-36-27-24-21-18-15-12-9-6-3)68-62(65)56-53-50-47-44-41-38-35-32-29-26-23-20-17-14-11-8-5-2/h7,10,15-20,24-29,31,33,35,37-38,40,44,47,59H,4-6,8-9,11-14,21-23,30,32,34,36,39,41-43,45-46,48-58H2,1-3H3/b10-7+,18-15+,19-16+,20-17+,27-24+,28-25+,29-26+,33-31+,38-35+,40-37+,47-44+/t59-/m1/s1. The van der Waals surface area contributed by atoms with Crippen molar-refractivity contribution in [2.75, 3.05) is 13.2 Å². The summed E-state index contributed by atoms with van der Waals surface area (Å²) >= 11 is 0. The van der Waals surface area contributed by atoms with E-state index in [0.717, 1.165) is 128 Å². The molecule has 0 radical (unpaired) electrons. The van der Waals surface area contributed by atoms with Crippen molar-refractivity contribution in [3.8, 4) is 0 Å². The Hall–Kier alpha value is -4.45. The van der Waals surface area contributed by atoms with Gasteiger partial charge in [0, 0.05) is 19.3 Å². The molecule has 0 aromatic rings. The molecule has 0 rings (SSSR count). The maximum atomic E-state index is 12.8. The molecule has 0 aliphatic heterocycles. The average molecular weight is 939 g/mol. The summed E-state index contributed by atoms with van der Waals surface area (Å²) in [6.45, 7) is 6.35. The molecule has 6 nitrogen and oxygen atoms in total. The first-order chi connectivity index (χ1) is 33.5. The highest BCUT2D eigenvalue weighted by molar-refractivity contribution is 5.71. The molecule has 0 saturated carbocycles. The van der Waals surface area contributed by atoms with E-state index < -0.39 is 6.10 Å². The van der Waals surface area contributed by atoms with Crippen molar-refractivity contribution in [2.45, 2.75) is 226 Å². The topological polar surface area (TPSA) is 78.9 Å². The van der Waals surface area contributed by atoms with Crippen LogP contribution < -0.4 is 0 Å². The first kappa shape index (κ1) is 63.5. The van der Waals surface area contributed by atoms with Gasteiger partial charge in [-0.05, 0) is 128 Å². The minimum atomic E-state index is -0.831. The van der Waals surface area contributed by atoms with Gasteiger partial charge in [0.2, 0.25) is 0 Å². The van der Waals surface area contributed by atoms with Gasteiger partial charge in [-0.1, -0.05) is 206 Å². The Bertz CT molecular complexity index is 1500. The molecule has 1 atom stereocenters. The lowest BCUT2D eigenvalue weighted by Gasteiger charge is -2.18. The van der Waals surface area contributed by atoms with Gasteiger partial charge in [0.05, 0.1) is 0 Å². The molecule has 0 saturated heterocycles. The molecule has 0 fully saturated rings. The summed E-state index contributed by atoms with van der Waals surface area (Å²) in [6, 6.07) is 0. The fourth-order valence-corrected chi connectivity index (χ4v) is 6.77. The van der Waals surface area contributed by atoms with Crippen LogP contribution in [0, 0.1) is 0 Å². The molecule has 382 valence electrons. The van der Waals surface area contributed by atoms with E-state index in [1.165, 1.54) is 44.9 Å². The number of carbonyl (C=O) groups excluding carboxylic acids is 3. The van der Waals surface area contributed by atoms with Crippen LogP contribution in [0.25, 0.3) is 0 Å². The lowest BCUT2D eigenvalue weighted by atomic mass is 10.1. The summed E-state index contributed by atoms with van der Waals surface area (Å²) in [5.41, 5.74) is 0. The third-order valence-corrected chi connectivity index (χ3v) is 10.9. The van der Waals surface area contributed by atoms with E-state index in [1.807, 2.05) is 0 Å². The summed E-state index contributed by atoms with van der Waals surface area (Å²) in [7, 11) is 0. The minimum Gasteiger partial charge on any atom is -0.462 e. The minimum absolute atomic E-state index is 0.123. The Morgan fingerprint density at radius 2 is 0.603 bits per heavy atom. The Balaban J connectivity index is 4.58. The van der Waals surface area contributed by atoms with Crippen molar-refractivity contribution < 1.29 is 28.6 Å². The third kappa shape index (κ3) is 52.5. The number of rotatable bonds is 47. The van der Waals surface area contributed by atoms with Gasteiger partial charge in [-0.15, -0.1) is 0 Å². The zero-order chi connectivity index (χ0) is 49.3. The van der Waals surface area contributed by atoms with Crippen molar-refractivity contribution in [2.24, 2.45) is 0 Å². The first-order valence-electron chi connectivity index (χ1n) is 27.2. The fraction of sp³-hybridized carbons (Fsp3) is 0.597. The molecule has 0 heterocycles. The van der Waals surface area contributed by atoms with Gasteiger partial charge in [0.25, 0.3) is 0 Å². The van der Waals surface area contributed by atoms with Crippen molar-refractivity contribution in [3.05, 3.63) is 134 Å². The Labute approximate surface area is 417 Å². The Morgan fingerprint density at radius 1 is 0.309 bits per heavy atom. The number of ether oxygens (including phenoxy) is 3. The molecular formula is C62H98O6. The van der Waals surface area contributed by atoms with Crippen molar-refractivity contribution in [1.29, 1.82) is 0 Å². The van der Waals surface area contributed by atoms with E-state index in [0.29, 0.717) is 19.3 Å². The second-order valence-electron chi connectivity index (χ2n) is 17.4. The van der Waals surface area contributed by atoms with Crippen LogP contribution in [0.1, 0.15) is 220 Å². The quantitative estimate of drug-likeness (QED) is 0.0262. The average Bonchev–Trinajstić information content (AvgIpc) is 3.34. The molecule has 0 aliphatic carbocycles. The predicted octanol–water partition coefficient (Wildman–Crippen LogP) is 18.3. The Morgan fingerprint density at radius 3 is 1.00 bits per heavy atom. The van der Waals surface area contributed by atoms with Crippen molar-refractivity contribution in [1.82, 2.24) is 0 Å². The highest BCUT2D eigenvalue weighted by Crippen LogP contribution is 2.11. The smallest absolute Gasteiger partial charge is 0.306 e. The van der Waals surface area contributed by atoms with E-state index in [9.17, 15) is 14.4 Å². The fourth-order valence-electron chi connectivity index (χ4n) is 6.77. The van der Waals surface area contributed by atoms with E-state index in [-0.39, 0.29) is 37.5 Å². The second-order valence-corrected chi connectivity index (χ2v) is 17.4. The van der Waals surface area contributed by atoms with Crippen LogP contribution in [0.5, 0.6) is 0 Å². The van der Waals surface area contributed by atoms with Gasteiger partial charge in [-0.3, -0.25) is 14.4 Å². The van der Waals surface area contributed by atoms with Crippen molar-refractivity contribution in [3.63, 3.8) is 0 Å². The Kier molecular flexibility index (Phi) is 51.5. The molecule has 6 heteroatoms. The van der Waals surface area contributed by atoms with Crippen molar-refractivity contribution >= 4 is 17.9 Å². The van der Waals surface area contributed by atoms with E-state index in [2.05, 4.69) is 154 Å². The van der Waals surface area contributed by atoms with Crippen LogP contribution in [-0.2, 0) is 28.6 Å². The SMILES string of the molecule is CC/C=C/C/C=C/C/C=C/C/C=C/C/C=C/CCCCCC(=O)OC[C@@H](COC(=O)CCCCCCC/C=C/C/C=C/CCCC)OC(=O)CCC/C=C/C/C=C/C/C=C/C/C=C/CCCCC. The normalized spacial score (nSPS) is 13.2. The maximum absolute atomic E-state index is 12.8. The van der Waals surface area contributed by atoms with Crippen LogP contribution in [0.15, 0.2) is 134 Å². The molecule has 0 spiro atoms. The molecule has 0 aromatic heterocycles. The second kappa shape index (κ2) is 55.1. The molecule has 0 bridgehead atoms. The molecule has 68 heavy (non-hydrogen) atoms. The molecule has 0 amide bonds. The van der Waals surface area contributed by atoms with Gasteiger partial charge in [0.15, 0.2) is 6.10 Å². The summed E-state index contributed by atoms with van der Waals surface area (Å²) in [5.74, 6) is -1.03.